The minimum Gasteiger partial charge on any atom is -0.381 e. The zero-order chi connectivity index (χ0) is 9.80. The molecule has 0 aliphatic carbocycles. The summed E-state index contributed by atoms with van der Waals surface area (Å²) in [5.41, 5.74) is 5.54. The molecule has 1 aromatic heterocycles. The molecule has 0 spiro atoms. The zero-order valence-corrected chi connectivity index (χ0v) is 9.05. The lowest BCUT2D eigenvalue weighted by Crippen LogP contribution is -2.19. The molecule has 0 amide bonds. The second kappa shape index (κ2) is 4.87. The van der Waals surface area contributed by atoms with Gasteiger partial charge >= 0.3 is 0 Å². The van der Waals surface area contributed by atoms with Gasteiger partial charge in [-0.25, -0.2) is 4.98 Å². The number of hydrogen-bond acceptors (Lipinski definition) is 4. The van der Waals surface area contributed by atoms with Crippen LogP contribution in [0, 0.1) is 5.92 Å². The fourth-order valence-corrected chi connectivity index (χ4v) is 2.67. The Hall–Kier alpha value is -0.450. The van der Waals surface area contributed by atoms with Crippen LogP contribution < -0.4 is 5.73 Å². The van der Waals surface area contributed by atoms with Gasteiger partial charge in [-0.05, 0) is 18.8 Å². The van der Waals surface area contributed by atoms with Gasteiger partial charge in [0.2, 0.25) is 0 Å². The Morgan fingerprint density at radius 2 is 2.57 bits per heavy atom. The Morgan fingerprint density at radius 1 is 1.64 bits per heavy atom. The molecule has 3 nitrogen and oxygen atoms in total. The van der Waals surface area contributed by atoms with Crippen LogP contribution in [0.5, 0.6) is 0 Å². The maximum atomic E-state index is 5.54. The van der Waals surface area contributed by atoms with Crippen LogP contribution in [0.25, 0.3) is 0 Å². The second-order valence-electron chi connectivity index (χ2n) is 3.71. The minimum atomic E-state index is 0.610. The average Bonchev–Trinajstić information content (AvgIpc) is 2.67. The molecule has 1 atom stereocenters. The van der Waals surface area contributed by atoms with E-state index in [0.717, 1.165) is 19.6 Å². The van der Waals surface area contributed by atoms with Crippen molar-refractivity contribution in [2.45, 2.75) is 25.8 Å². The summed E-state index contributed by atoms with van der Waals surface area (Å²) in [6.45, 7) is 2.44. The van der Waals surface area contributed by atoms with Crippen LogP contribution in [-0.2, 0) is 17.7 Å². The van der Waals surface area contributed by atoms with Gasteiger partial charge in [-0.15, -0.1) is 11.3 Å². The first-order chi connectivity index (χ1) is 6.88. The van der Waals surface area contributed by atoms with Crippen molar-refractivity contribution in [2.24, 2.45) is 11.7 Å². The fourth-order valence-electron chi connectivity index (χ4n) is 1.75. The van der Waals surface area contributed by atoms with Crippen molar-refractivity contribution >= 4 is 11.3 Å². The molecule has 0 aromatic carbocycles. The topological polar surface area (TPSA) is 48.1 Å². The zero-order valence-electron chi connectivity index (χ0n) is 8.24. The van der Waals surface area contributed by atoms with E-state index in [1.165, 1.54) is 22.7 Å². The quantitative estimate of drug-likeness (QED) is 0.827. The number of aromatic nitrogens is 1. The lowest BCUT2D eigenvalue weighted by atomic mass is 9.99. The Morgan fingerprint density at radius 3 is 3.21 bits per heavy atom. The Kier molecular flexibility index (Phi) is 3.50. The predicted molar refractivity (Wildman–Crippen MR) is 57.3 cm³/mol. The Bertz CT molecular complexity index is 281. The van der Waals surface area contributed by atoms with E-state index in [0.29, 0.717) is 12.5 Å². The smallest absolute Gasteiger partial charge is 0.0931 e. The molecule has 0 bridgehead atoms. The molecular formula is C10H16N2OS. The highest BCUT2D eigenvalue weighted by atomic mass is 32.1. The van der Waals surface area contributed by atoms with Crippen LogP contribution in [-0.4, -0.2) is 18.2 Å². The summed E-state index contributed by atoms with van der Waals surface area (Å²) >= 11 is 1.73. The lowest BCUT2D eigenvalue weighted by Gasteiger charge is -2.20. The number of nitrogens with zero attached hydrogens (tertiary/aromatic N) is 1. The SMILES string of the molecule is NCc1cnc(CC2CCCOC2)s1. The van der Waals surface area contributed by atoms with E-state index < -0.39 is 0 Å². The van der Waals surface area contributed by atoms with E-state index in [2.05, 4.69) is 4.98 Å². The second-order valence-corrected chi connectivity index (χ2v) is 4.91. The summed E-state index contributed by atoms with van der Waals surface area (Å²) in [6, 6.07) is 0. The van der Waals surface area contributed by atoms with Crippen LogP contribution in [0.2, 0.25) is 0 Å². The highest BCUT2D eigenvalue weighted by Crippen LogP contribution is 2.21. The van der Waals surface area contributed by atoms with E-state index in [1.54, 1.807) is 11.3 Å². The molecule has 1 unspecified atom stereocenters. The molecule has 2 N–H and O–H groups in total. The molecule has 14 heavy (non-hydrogen) atoms. The van der Waals surface area contributed by atoms with Gasteiger partial charge in [-0.2, -0.15) is 0 Å². The first kappa shape index (κ1) is 10.1. The summed E-state index contributed by atoms with van der Waals surface area (Å²) in [5.74, 6) is 0.667. The summed E-state index contributed by atoms with van der Waals surface area (Å²) in [4.78, 5) is 5.54. The molecule has 0 saturated carbocycles. The van der Waals surface area contributed by atoms with Crippen LogP contribution in [0.1, 0.15) is 22.7 Å². The molecule has 2 rings (SSSR count). The van der Waals surface area contributed by atoms with Gasteiger partial charge in [0, 0.05) is 37.3 Å². The first-order valence-electron chi connectivity index (χ1n) is 5.10. The van der Waals surface area contributed by atoms with Gasteiger partial charge in [-0.1, -0.05) is 0 Å². The van der Waals surface area contributed by atoms with Crippen LogP contribution in [0.15, 0.2) is 6.20 Å². The monoisotopic (exact) mass is 212 g/mol. The largest absolute Gasteiger partial charge is 0.381 e. The summed E-state index contributed by atoms with van der Waals surface area (Å²) in [6.07, 6.45) is 5.42. The van der Waals surface area contributed by atoms with Crippen LogP contribution in [0.4, 0.5) is 0 Å². The number of ether oxygens (including phenoxy) is 1. The average molecular weight is 212 g/mol. The lowest BCUT2D eigenvalue weighted by molar-refractivity contribution is 0.0550. The molecule has 1 aliphatic rings. The van der Waals surface area contributed by atoms with Crippen molar-refractivity contribution in [2.75, 3.05) is 13.2 Å². The molecule has 1 saturated heterocycles. The van der Waals surface area contributed by atoms with E-state index in [1.807, 2.05) is 6.20 Å². The minimum absolute atomic E-state index is 0.610. The Balaban J connectivity index is 1.89. The molecule has 1 aliphatic heterocycles. The highest BCUT2D eigenvalue weighted by molar-refractivity contribution is 7.11. The summed E-state index contributed by atoms with van der Waals surface area (Å²) < 4.78 is 5.44. The van der Waals surface area contributed by atoms with Crippen molar-refractivity contribution in [1.82, 2.24) is 4.98 Å². The molecule has 2 heterocycles. The summed E-state index contributed by atoms with van der Waals surface area (Å²) in [5, 5.41) is 1.21. The maximum absolute atomic E-state index is 5.54. The Labute approximate surface area is 88.3 Å². The standard InChI is InChI=1S/C10H16N2OS/c11-5-9-6-12-10(14-9)4-8-2-1-3-13-7-8/h6,8H,1-5,7,11H2. The molecule has 4 heteroatoms. The van der Waals surface area contributed by atoms with Gasteiger partial charge in [0.05, 0.1) is 5.01 Å². The van der Waals surface area contributed by atoms with Crippen LogP contribution >= 0.6 is 11.3 Å². The number of nitrogens with two attached hydrogens (primary N) is 1. The van der Waals surface area contributed by atoms with Crippen LogP contribution in [0.3, 0.4) is 0 Å². The molecule has 1 aromatic rings. The van der Waals surface area contributed by atoms with E-state index >= 15 is 0 Å². The van der Waals surface area contributed by atoms with Gasteiger partial charge in [0.1, 0.15) is 0 Å². The molecular weight excluding hydrogens is 196 g/mol. The van der Waals surface area contributed by atoms with Crippen molar-refractivity contribution in [3.05, 3.63) is 16.1 Å². The van der Waals surface area contributed by atoms with E-state index in [-0.39, 0.29) is 0 Å². The number of thiazole rings is 1. The predicted octanol–water partition coefficient (Wildman–Crippen LogP) is 1.57. The molecule has 78 valence electrons. The van der Waals surface area contributed by atoms with Gasteiger partial charge < -0.3 is 10.5 Å². The van der Waals surface area contributed by atoms with Crippen molar-refractivity contribution in [3.63, 3.8) is 0 Å². The first-order valence-corrected chi connectivity index (χ1v) is 5.91. The third kappa shape index (κ3) is 2.53. The molecule has 1 fully saturated rings. The van der Waals surface area contributed by atoms with Crippen molar-refractivity contribution in [3.8, 4) is 0 Å². The fraction of sp³-hybridized carbons (Fsp3) is 0.700. The van der Waals surface area contributed by atoms with Crippen molar-refractivity contribution in [1.29, 1.82) is 0 Å². The van der Waals surface area contributed by atoms with E-state index in [4.69, 9.17) is 10.5 Å². The van der Waals surface area contributed by atoms with Crippen molar-refractivity contribution < 1.29 is 4.74 Å². The van der Waals surface area contributed by atoms with Gasteiger partial charge in [0.25, 0.3) is 0 Å². The highest BCUT2D eigenvalue weighted by Gasteiger charge is 2.15. The summed E-state index contributed by atoms with van der Waals surface area (Å²) in [7, 11) is 0. The third-order valence-corrected chi connectivity index (χ3v) is 3.56. The number of hydrogen-bond donors (Lipinski definition) is 1. The van der Waals surface area contributed by atoms with Gasteiger partial charge in [-0.3, -0.25) is 0 Å². The van der Waals surface area contributed by atoms with Gasteiger partial charge in [0.15, 0.2) is 0 Å². The third-order valence-electron chi connectivity index (χ3n) is 2.52. The molecule has 0 radical (unpaired) electrons. The van der Waals surface area contributed by atoms with E-state index in [9.17, 15) is 0 Å². The maximum Gasteiger partial charge on any atom is 0.0931 e. The number of rotatable bonds is 3. The normalized spacial score (nSPS) is 22.5.